The van der Waals surface area contributed by atoms with E-state index in [9.17, 15) is 4.79 Å². The first kappa shape index (κ1) is 25.3. The lowest BCUT2D eigenvalue weighted by Crippen LogP contribution is -1.97. The van der Waals surface area contributed by atoms with Crippen molar-refractivity contribution in [2.24, 2.45) is 0 Å². The number of unbranched alkanes of at least 4 members (excludes halogenated alkanes) is 7. The second kappa shape index (κ2) is 15.8. The van der Waals surface area contributed by atoms with Crippen molar-refractivity contribution in [3.8, 4) is 5.75 Å². The Balaban J connectivity index is 1.68. The van der Waals surface area contributed by atoms with Gasteiger partial charge in [0.1, 0.15) is 5.75 Å². The van der Waals surface area contributed by atoms with E-state index in [0.717, 1.165) is 42.1 Å². The van der Waals surface area contributed by atoms with Gasteiger partial charge in [0.05, 0.1) is 6.61 Å². The van der Waals surface area contributed by atoms with Crippen molar-refractivity contribution in [2.75, 3.05) is 12.4 Å². The highest BCUT2D eigenvalue weighted by atomic mass is 32.2. The van der Waals surface area contributed by atoms with Gasteiger partial charge in [-0.05, 0) is 66.6 Å². The average Bonchev–Trinajstić information content (AvgIpc) is 2.81. The molecule has 0 radical (unpaired) electrons. The standard InChI is InChI=1S/C28H38O2S/c1-3-5-6-7-8-9-10-11-22-30-26-17-12-24(13-18-26)14-21-28(29)25-15-19-27(20-16-25)31-23-4-2/h12-21H,3-11,22-23H2,1-2H3/b21-14+. The molecule has 2 nitrogen and oxygen atoms in total. The first-order valence-corrected chi connectivity index (χ1v) is 12.9. The van der Waals surface area contributed by atoms with Crippen molar-refractivity contribution in [1.29, 1.82) is 0 Å². The maximum Gasteiger partial charge on any atom is 0.185 e. The van der Waals surface area contributed by atoms with Gasteiger partial charge in [-0.3, -0.25) is 4.79 Å². The van der Waals surface area contributed by atoms with Crippen LogP contribution in [0, 0.1) is 0 Å². The van der Waals surface area contributed by atoms with Crippen LogP contribution in [0.25, 0.3) is 6.08 Å². The molecule has 0 aliphatic carbocycles. The van der Waals surface area contributed by atoms with Crippen molar-refractivity contribution < 1.29 is 9.53 Å². The van der Waals surface area contributed by atoms with Gasteiger partial charge in [-0.2, -0.15) is 0 Å². The van der Waals surface area contributed by atoms with Crippen LogP contribution in [-0.4, -0.2) is 18.1 Å². The van der Waals surface area contributed by atoms with Crippen LogP contribution in [0.5, 0.6) is 5.75 Å². The molecule has 168 valence electrons. The number of thioether (sulfide) groups is 1. The predicted octanol–water partition coefficient (Wildman–Crippen LogP) is 8.60. The number of carbonyl (C=O) groups excluding carboxylic acids is 1. The van der Waals surface area contributed by atoms with Crippen LogP contribution in [0.3, 0.4) is 0 Å². The molecule has 0 aliphatic rings. The van der Waals surface area contributed by atoms with Gasteiger partial charge in [0.15, 0.2) is 5.78 Å². The number of benzene rings is 2. The second-order valence-corrected chi connectivity index (χ2v) is 9.13. The zero-order valence-electron chi connectivity index (χ0n) is 19.3. The minimum Gasteiger partial charge on any atom is -0.494 e. The highest BCUT2D eigenvalue weighted by Crippen LogP contribution is 2.20. The quantitative estimate of drug-likeness (QED) is 0.114. The highest BCUT2D eigenvalue weighted by molar-refractivity contribution is 7.99. The summed E-state index contributed by atoms with van der Waals surface area (Å²) in [5.74, 6) is 2.03. The molecule has 0 unspecified atom stereocenters. The molecule has 0 saturated heterocycles. The average molecular weight is 439 g/mol. The molecule has 0 bridgehead atoms. The van der Waals surface area contributed by atoms with E-state index in [4.69, 9.17) is 4.74 Å². The highest BCUT2D eigenvalue weighted by Gasteiger charge is 2.02. The SMILES string of the molecule is CCCCCCCCCCOc1ccc(/C=C/C(=O)c2ccc(SCCC)cc2)cc1. The van der Waals surface area contributed by atoms with Gasteiger partial charge in [-0.25, -0.2) is 0 Å². The van der Waals surface area contributed by atoms with E-state index in [1.54, 1.807) is 6.08 Å². The Morgan fingerprint density at radius 2 is 1.45 bits per heavy atom. The number of carbonyl (C=O) groups is 1. The number of hydrogen-bond acceptors (Lipinski definition) is 3. The maximum atomic E-state index is 12.4. The lowest BCUT2D eigenvalue weighted by Gasteiger charge is -2.06. The van der Waals surface area contributed by atoms with Crippen LogP contribution in [0.15, 0.2) is 59.5 Å². The first-order chi connectivity index (χ1) is 15.2. The Morgan fingerprint density at radius 1 is 0.806 bits per heavy atom. The van der Waals surface area contributed by atoms with Gasteiger partial charge in [-0.1, -0.05) is 77.0 Å². The molecule has 0 heterocycles. The van der Waals surface area contributed by atoms with Gasteiger partial charge in [0.2, 0.25) is 0 Å². The first-order valence-electron chi connectivity index (χ1n) is 11.9. The van der Waals surface area contributed by atoms with Crippen molar-refractivity contribution in [3.63, 3.8) is 0 Å². The fourth-order valence-corrected chi connectivity index (χ4v) is 4.07. The van der Waals surface area contributed by atoms with Gasteiger partial charge in [-0.15, -0.1) is 11.8 Å². The fourth-order valence-electron chi connectivity index (χ4n) is 3.30. The van der Waals surface area contributed by atoms with Crippen LogP contribution in [-0.2, 0) is 0 Å². The van der Waals surface area contributed by atoms with E-state index < -0.39 is 0 Å². The normalized spacial score (nSPS) is 11.2. The van der Waals surface area contributed by atoms with Gasteiger partial charge < -0.3 is 4.74 Å². The minimum atomic E-state index is 0.0297. The van der Waals surface area contributed by atoms with Crippen LogP contribution < -0.4 is 4.74 Å². The third-order valence-corrected chi connectivity index (χ3v) is 6.40. The predicted molar refractivity (Wildman–Crippen MR) is 135 cm³/mol. The van der Waals surface area contributed by atoms with Crippen LogP contribution >= 0.6 is 11.8 Å². The maximum absolute atomic E-state index is 12.4. The molecule has 0 aliphatic heterocycles. The fraction of sp³-hybridized carbons (Fsp3) is 0.464. The molecule has 3 heteroatoms. The molecule has 0 atom stereocenters. The number of ketones is 1. The summed E-state index contributed by atoms with van der Waals surface area (Å²) >= 11 is 1.82. The van der Waals surface area contributed by atoms with E-state index in [1.165, 1.54) is 49.8 Å². The van der Waals surface area contributed by atoms with Crippen LogP contribution in [0.4, 0.5) is 0 Å². The van der Waals surface area contributed by atoms with Gasteiger partial charge in [0, 0.05) is 10.5 Å². The summed E-state index contributed by atoms with van der Waals surface area (Å²) in [6.07, 6.45) is 15.1. The Kier molecular flexibility index (Phi) is 12.8. The molecule has 2 aromatic rings. The summed E-state index contributed by atoms with van der Waals surface area (Å²) in [6.45, 7) is 5.20. The summed E-state index contributed by atoms with van der Waals surface area (Å²) in [6, 6.07) is 15.8. The molecule has 0 fully saturated rings. The van der Waals surface area contributed by atoms with E-state index in [0.29, 0.717) is 0 Å². The molecule has 0 spiro atoms. The van der Waals surface area contributed by atoms with E-state index in [-0.39, 0.29) is 5.78 Å². The smallest absolute Gasteiger partial charge is 0.185 e. The molecule has 0 amide bonds. The second-order valence-electron chi connectivity index (χ2n) is 7.96. The Bertz CT molecular complexity index is 763. The molecule has 2 rings (SSSR count). The van der Waals surface area contributed by atoms with E-state index in [2.05, 4.69) is 13.8 Å². The van der Waals surface area contributed by atoms with Crippen molar-refractivity contribution >= 4 is 23.6 Å². The summed E-state index contributed by atoms with van der Waals surface area (Å²) in [5, 5.41) is 0. The summed E-state index contributed by atoms with van der Waals surface area (Å²) in [5.41, 5.74) is 1.73. The molecule has 0 aromatic heterocycles. The molecule has 31 heavy (non-hydrogen) atoms. The number of allylic oxidation sites excluding steroid dienone is 1. The third kappa shape index (κ3) is 10.7. The van der Waals surface area contributed by atoms with Crippen LogP contribution in [0.2, 0.25) is 0 Å². The number of hydrogen-bond donors (Lipinski definition) is 0. The van der Waals surface area contributed by atoms with Gasteiger partial charge in [0.25, 0.3) is 0 Å². The van der Waals surface area contributed by atoms with E-state index in [1.807, 2.05) is 66.4 Å². The molecule has 0 N–H and O–H groups in total. The Hall–Kier alpha value is -2.00. The zero-order valence-corrected chi connectivity index (χ0v) is 20.1. The van der Waals surface area contributed by atoms with E-state index >= 15 is 0 Å². The minimum absolute atomic E-state index is 0.0297. The molecule has 0 saturated carbocycles. The molecule has 2 aromatic carbocycles. The zero-order chi connectivity index (χ0) is 22.2. The monoisotopic (exact) mass is 438 g/mol. The number of rotatable bonds is 16. The lowest BCUT2D eigenvalue weighted by molar-refractivity contribution is 0.104. The topological polar surface area (TPSA) is 26.3 Å². The van der Waals surface area contributed by atoms with Gasteiger partial charge >= 0.3 is 0 Å². The number of ether oxygens (including phenoxy) is 1. The van der Waals surface area contributed by atoms with Crippen molar-refractivity contribution in [2.45, 2.75) is 76.5 Å². The summed E-state index contributed by atoms with van der Waals surface area (Å²) in [4.78, 5) is 13.6. The summed E-state index contributed by atoms with van der Waals surface area (Å²) in [7, 11) is 0. The lowest BCUT2D eigenvalue weighted by atomic mass is 10.1. The third-order valence-electron chi connectivity index (χ3n) is 5.19. The van der Waals surface area contributed by atoms with Crippen molar-refractivity contribution in [3.05, 3.63) is 65.7 Å². The summed E-state index contributed by atoms with van der Waals surface area (Å²) < 4.78 is 5.85. The largest absolute Gasteiger partial charge is 0.494 e. The van der Waals surface area contributed by atoms with Crippen LogP contribution in [0.1, 0.15) is 87.6 Å². The Morgan fingerprint density at radius 3 is 2.10 bits per heavy atom. The molecular formula is C28H38O2S. The molecular weight excluding hydrogens is 400 g/mol. The Labute approximate surface area is 193 Å². The van der Waals surface area contributed by atoms with Crippen molar-refractivity contribution in [1.82, 2.24) is 0 Å².